The molecule has 12 heavy (non-hydrogen) atoms. The van der Waals surface area contributed by atoms with Crippen molar-refractivity contribution >= 4 is 0 Å². The molecule has 0 heterocycles. The maximum Gasteiger partial charge on any atom is -0.0386 e. The van der Waals surface area contributed by atoms with Gasteiger partial charge in [-0.05, 0) is 30.6 Å². The summed E-state index contributed by atoms with van der Waals surface area (Å²) in [6, 6.07) is 0. The lowest BCUT2D eigenvalue weighted by Crippen LogP contribution is -2.06. The van der Waals surface area contributed by atoms with Gasteiger partial charge < -0.3 is 0 Å². The summed E-state index contributed by atoms with van der Waals surface area (Å²) in [4.78, 5) is 0. The van der Waals surface area contributed by atoms with Crippen molar-refractivity contribution in [1.29, 1.82) is 0 Å². The van der Waals surface area contributed by atoms with E-state index in [-0.39, 0.29) is 0 Å². The van der Waals surface area contributed by atoms with Crippen LogP contribution in [0.2, 0.25) is 0 Å². The lowest BCUT2D eigenvalue weighted by molar-refractivity contribution is 0.340. The van der Waals surface area contributed by atoms with E-state index < -0.39 is 0 Å². The molecule has 0 spiro atoms. The van der Waals surface area contributed by atoms with E-state index in [9.17, 15) is 0 Å². The molecule has 1 fully saturated rings. The number of rotatable bonds is 4. The molecule has 3 unspecified atom stereocenters. The van der Waals surface area contributed by atoms with Crippen LogP contribution in [-0.4, -0.2) is 0 Å². The summed E-state index contributed by atoms with van der Waals surface area (Å²) < 4.78 is 0. The molecule has 1 aliphatic carbocycles. The molecule has 3 atom stereocenters. The second-order valence-electron chi connectivity index (χ2n) is 4.61. The van der Waals surface area contributed by atoms with Gasteiger partial charge in [0.25, 0.3) is 0 Å². The smallest absolute Gasteiger partial charge is 0.0386 e. The zero-order valence-corrected chi connectivity index (χ0v) is 8.97. The van der Waals surface area contributed by atoms with Gasteiger partial charge >= 0.3 is 0 Å². The fourth-order valence-electron chi connectivity index (χ4n) is 2.63. The van der Waals surface area contributed by atoms with Gasteiger partial charge in [-0.3, -0.25) is 0 Å². The molecule has 0 heteroatoms. The van der Waals surface area contributed by atoms with Gasteiger partial charge in [0.05, 0.1) is 0 Å². The van der Waals surface area contributed by atoms with Crippen molar-refractivity contribution in [3.8, 4) is 0 Å². The van der Waals surface area contributed by atoms with Crippen LogP contribution in [0, 0.1) is 17.8 Å². The summed E-state index contributed by atoms with van der Waals surface area (Å²) in [7, 11) is 0. The fourth-order valence-corrected chi connectivity index (χ4v) is 2.63. The largest absolute Gasteiger partial charge is 0.0654 e. The summed E-state index contributed by atoms with van der Waals surface area (Å²) in [6.45, 7) is 7.08. The van der Waals surface area contributed by atoms with E-state index in [2.05, 4.69) is 20.8 Å². The van der Waals surface area contributed by atoms with Crippen LogP contribution < -0.4 is 0 Å². The third-order valence-electron chi connectivity index (χ3n) is 3.73. The quantitative estimate of drug-likeness (QED) is 0.588. The Morgan fingerprint density at radius 1 is 1.25 bits per heavy atom. The van der Waals surface area contributed by atoms with Crippen LogP contribution in [0.5, 0.6) is 0 Å². The van der Waals surface area contributed by atoms with Crippen molar-refractivity contribution < 1.29 is 0 Å². The third kappa shape index (κ3) is 2.50. The molecular formula is C12H24. The number of hydrogen-bond acceptors (Lipinski definition) is 0. The van der Waals surface area contributed by atoms with Crippen molar-refractivity contribution in [2.24, 2.45) is 17.8 Å². The average Bonchev–Trinajstić information content (AvgIpc) is 2.52. The van der Waals surface area contributed by atoms with Crippen molar-refractivity contribution in [2.75, 3.05) is 0 Å². The molecule has 1 aliphatic rings. The molecule has 1 rings (SSSR count). The Morgan fingerprint density at radius 2 is 2.00 bits per heavy atom. The predicted octanol–water partition coefficient (Wildman–Crippen LogP) is 4.25. The summed E-state index contributed by atoms with van der Waals surface area (Å²) >= 11 is 0. The second kappa shape index (κ2) is 4.89. The summed E-state index contributed by atoms with van der Waals surface area (Å²) in [5.41, 5.74) is 0. The Bertz CT molecular complexity index is 117. The molecule has 0 aliphatic heterocycles. The summed E-state index contributed by atoms with van der Waals surface area (Å²) in [5.74, 6) is 3.12. The number of hydrogen-bond donors (Lipinski definition) is 0. The van der Waals surface area contributed by atoms with Crippen LogP contribution >= 0.6 is 0 Å². The molecule has 72 valence electrons. The molecule has 0 aromatic heterocycles. The minimum atomic E-state index is 0.979. The molecule has 1 saturated carbocycles. The Morgan fingerprint density at radius 3 is 2.58 bits per heavy atom. The fraction of sp³-hybridized carbons (Fsp3) is 1.00. The maximum atomic E-state index is 2.43. The Kier molecular flexibility index (Phi) is 4.11. The van der Waals surface area contributed by atoms with Crippen LogP contribution in [-0.2, 0) is 0 Å². The molecule has 0 nitrogen and oxygen atoms in total. The second-order valence-corrected chi connectivity index (χ2v) is 4.61. The Hall–Kier alpha value is 0. The summed E-state index contributed by atoms with van der Waals surface area (Å²) in [6.07, 6.45) is 8.81. The van der Waals surface area contributed by atoms with Crippen LogP contribution in [0.25, 0.3) is 0 Å². The molecule has 0 radical (unpaired) electrons. The third-order valence-corrected chi connectivity index (χ3v) is 3.73. The Balaban J connectivity index is 2.25. The summed E-state index contributed by atoms with van der Waals surface area (Å²) in [5, 5.41) is 0. The highest BCUT2D eigenvalue weighted by Crippen LogP contribution is 2.38. The van der Waals surface area contributed by atoms with Gasteiger partial charge in [0.15, 0.2) is 0 Å². The van der Waals surface area contributed by atoms with E-state index in [1.165, 1.54) is 38.5 Å². The molecule has 0 saturated heterocycles. The standard InChI is InChI=1S/C12H24/c1-4-6-11-7-8-12(9-11)10(3)5-2/h10-12H,4-9H2,1-3H3. The average molecular weight is 168 g/mol. The van der Waals surface area contributed by atoms with Crippen LogP contribution in [0.4, 0.5) is 0 Å². The highest BCUT2D eigenvalue weighted by atomic mass is 14.3. The molecule has 0 amide bonds. The molecule has 0 N–H and O–H groups in total. The van der Waals surface area contributed by atoms with Crippen LogP contribution in [0.1, 0.15) is 59.3 Å². The topological polar surface area (TPSA) is 0 Å². The normalized spacial score (nSPS) is 32.2. The lowest BCUT2D eigenvalue weighted by atomic mass is 9.89. The zero-order valence-electron chi connectivity index (χ0n) is 8.97. The molecular weight excluding hydrogens is 144 g/mol. The van der Waals surface area contributed by atoms with Gasteiger partial charge in [0, 0.05) is 0 Å². The van der Waals surface area contributed by atoms with Gasteiger partial charge in [-0.2, -0.15) is 0 Å². The van der Waals surface area contributed by atoms with Crippen molar-refractivity contribution in [1.82, 2.24) is 0 Å². The molecule has 0 aromatic rings. The van der Waals surface area contributed by atoms with E-state index in [4.69, 9.17) is 0 Å². The minimum absolute atomic E-state index is 0.979. The monoisotopic (exact) mass is 168 g/mol. The highest BCUT2D eigenvalue weighted by molar-refractivity contribution is 4.78. The minimum Gasteiger partial charge on any atom is -0.0654 e. The first-order valence-corrected chi connectivity index (χ1v) is 5.77. The van der Waals surface area contributed by atoms with Crippen LogP contribution in [0.15, 0.2) is 0 Å². The van der Waals surface area contributed by atoms with Gasteiger partial charge in [-0.1, -0.05) is 46.5 Å². The van der Waals surface area contributed by atoms with Gasteiger partial charge in [-0.25, -0.2) is 0 Å². The zero-order chi connectivity index (χ0) is 8.97. The van der Waals surface area contributed by atoms with Gasteiger partial charge in [0.1, 0.15) is 0 Å². The maximum absolute atomic E-state index is 2.43. The first-order valence-electron chi connectivity index (χ1n) is 5.77. The SMILES string of the molecule is CCCC1CCC(C(C)CC)C1. The molecule has 0 bridgehead atoms. The first-order chi connectivity index (χ1) is 5.77. The highest BCUT2D eigenvalue weighted by Gasteiger charge is 2.26. The van der Waals surface area contributed by atoms with E-state index in [0.717, 1.165) is 17.8 Å². The van der Waals surface area contributed by atoms with Gasteiger partial charge in [-0.15, -0.1) is 0 Å². The van der Waals surface area contributed by atoms with Crippen molar-refractivity contribution in [3.05, 3.63) is 0 Å². The predicted molar refractivity (Wildman–Crippen MR) is 55.2 cm³/mol. The van der Waals surface area contributed by atoms with E-state index in [0.29, 0.717) is 0 Å². The van der Waals surface area contributed by atoms with E-state index in [1.807, 2.05) is 0 Å². The Labute approximate surface area is 77.7 Å². The lowest BCUT2D eigenvalue weighted by Gasteiger charge is -2.17. The van der Waals surface area contributed by atoms with E-state index >= 15 is 0 Å². The van der Waals surface area contributed by atoms with Gasteiger partial charge in [0.2, 0.25) is 0 Å². The van der Waals surface area contributed by atoms with Crippen LogP contribution in [0.3, 0.4) is 0 Å². The van der Waals surface area contributed by atoms with Crippen molar-refractivity contribution in [3.63, 3.8) is 0 Å². The molecule has 0 aromatic carbocycles. The first kappa shape index (κ1) is 10.1. The van der Waals surface area contributed by atoms with Crippen molar-refractivity contribution in [2.45, 2.75) is 59.3 Å². The van der Waals surface area contributed by atoms with E-state index in [1.54, 1.807) is 0 Å².